The molecule has 0 radical (unpaired) electrons. The van der Waals surface area contributed by atoms with Crippen LogP contribution in [0, 0.1) is 0 Å². The third-order valence-corrected chi connectivity index (χ3v) is 4.06. The summed E-state index contributed by atoms with van der Waals surface area (Å²) in [6, 6.07) is 4.29. The zero-order chi connectivity index (χ0) is 15.4. The molecule has 2 rings (SSSR count). The van der Waals surface area contributed by atoms with E-state index in [2.05, 4.69) is 5.32 Å². The number of nitrogens with one attached hydrogen (secondary N) is 1. The number of carbonyl (C=O) groups is 2. The second kappa shape index (κ2) is 7.11. The van der Waals surface area contributed by atoms with Gasteiger partial charge in [-0.15, -0.1) is 0 Å². The maximum atomic E-state index is 12.1. The van der Waals surface area contributed by atoms with Crippen LogP contribution >= 0.6 is 23.2 Å². The van der Waals surface area contributed by atoms with E-state index in [1.54, 1.807) is 18.2 Å². The molecule has 1 heterocycles. The number of nitrogens with zero attached hydrogens (tertiary/aromatic N) is 1. The Balaban J connectivity index is 1.99. The van der Waals surface area contributed by atoms with Crippen molar-refractivity contribution in [3.63, 3.8) is 0 Å². The average Bonchev–Trinajstić information content (AvgIpc) is 2.45. The summed E-state index contributed by atoms with van der Waals surface area (Å²) in [5.41, 5.74) is 0.543. The van der Waals surface area contributed by atoms with Gasteiger partial charge in [-0.1, -0.05) is 30.1 Å². The molecular weight excluding hydrogens is 315 g/mol. The Labute approximate surface area is 133 Å². The molecule has 1 aromatic rings. The molecule has 21 heavy (non-hydrogen) atoms. The first-order chi connectivity index (χ1) is 10.0. The molecule has 0 spiro atoms. The number of anilines is 1. The highest BCUT2D eigenvalue weighted by molar-refractivity contribution is 6.42. The van der Waals surface area contributed by atoms with Crippen molar-refractivity contribution in [3.8, 4) is 0 Å². The number of morpholine rings is 1. The van der Waals surface area contributed by atoms with Gasteiger partial charge in [-0.05, 0) is 24.7 Å². The Morgan fingerprint density at radius 2 is 2.19 bits per heavy atom. The van der Waals surface area contributed by atoms with E-state index in [9.17, 15) is 9.59 Å². The highest BCUT2D eigenvalue weighted by Crippen LogP contribution is 2.25. The minimum atomic E-state index is -0.536. The topological polar surface area (TPSA) is 58.6 Å². The van der Waals surface area contributed by atoms with Crippen molar-refractivity contribution >= 4 is 40.8 Å². The van der Waals surface area contributed by atoms with Gasteiger partial charge in [0.2, 0.25) is 5.91 Å². The molecule has 1 aromatic carbocycles. The zero-order valence-corrected chi connectivity index (χ0v) is 13.1. The minimum Gasteiger partial charge on any atom is -0.463 e. The van der Waals surface area contributed by atoms with Gasteiger partial charge >= 0.3 is 5.97 Å². The van der Waals surface area contributed by atoms with E-state index in [1.807, 2.05) is 11.8 Å². The number of carbonyl (C=O) groups excluding carboxylic acids is 2. The van der Waals surface area contributed by atoms with Crippen molar-refractivity contribution in [2.24, 2.45) is 0 Å². The summed E-state index contributed by atoms with van der Waals surface area (Å²) in [5.74, 6) is -0.622. The van der Waals surface area contributed by atoms with Gasteiger partial charge in [0.05, 0.1) is 16.5 Å². The molecule has 1 fully saturated rings. The van der Waals surface area contributed by atoms with Crippen molar-refractivity contribution in [1.82, 2.24) is 4.90 Å². The number of benzene rings is 1. The van der Waals surface area contributed by atoms with Crippen LogP contribution in [0.1, 0.15) is 13.3 Å². The smallest absolute Gasteiger partial charge is 0.323 e. The summed E-state index contributed by atoms with van der Waals surface area (Å²) >= 11 is 11.7. The Kier molecular flexibility index (Phi) is 5.45. The molecule has 0 bridgehead atoms. The molecule has 0 aliphatic carbocycles. The maximum Gasteiger partial charge on any atom is 0.323 e. The zero-order valence-electron chi connectivity index (χ0n) is 11.6. The molecule has 7 heteroatoms. The molecule has 1 aliphatic heterocycles. The highest BCUT2D eigenvalue weighted by atomic mass is 35.5. The van der Waals surface area contributed by atoms with Gasteiger partial charge in [0, 0.05) is 12.2 Å². The molecule has 1 saturated heterocycles. The molecule has 0 saturated carbocycles. The van der Waals surface area contributed by atoms with Crippen LogP contribution < -0.4 is 5.32 Å². The molecule has 114 valence electrons. The van der Waals surface area contributed by atoms with Crippen LogP contribution in [-0.2, 0) is 14.3 Å². The second-order valence-electron chi connectivity index (χ2n) is 4.69. The summed E-state index contributed by atoms with van der Waals surface area (Å²) in [6.07, 6.45) is 0.0485. The first kappa shape index (κ1) is 16.1. The molecule has 1 aliphatic rings. The van der Waals surface area contributed by atoms with Crippen molar-refractivity contribution in [1.29, 1.82) is 0 Å². The number of esters is 1. The van der Waals surface area contributed by atoms with Crippen LogP contribution in [0.15, 0.2) is 18.2 Å². The third kappa shape index (κ3) is 4.09. The lowest BCUT2D eigenvalue weighted by Crippen LogP contribution is -2.50. The Hall–Kier alpha value is -1.30. The van der Waals surface area contributed by atoms with Gasteiger partial charge in [0.1, 0.15) is 12.6 Å². The van der Waals surface area contributed by atoms with Gasteiger partial charge in [-0.2, -0.15) is 0 Å². The highest BCUT2D eigenvalue weighted by Gasteiger charge is 2.32. The molecule has 0 unspecified atom stereocenters. The van der Waals surface area contributed by atoms with Gasteiger partial charge in [-0.3, -0.25) is 14.5 Å². The molecule has 0 aromatic heterocycles. The quantitative estimate of drug-likeness (QED) is 0.862. The standard InChI is InChI=1S/C14H16Cl2N2O3/c1-2-18-5-6-21-14(20)12(18)8-13(19)17-9-3-4-10(15)11(16)7-9/h3-4,7,12H,2,5-6,8H2,1H3,(H,17,19)/t12-/m1/s1. The summed E-state index contributed by atoms with van der Waals surface area (Å²) in [4.78, 5) is 25.8. The summed E-state index contributed by atoms with van der Waals surface area (Å²) < 4.78 is 5.01. The van der Waals surface area contributed by atoms with E-state index in [1.165, 1.54) is 0 Å². The number of hydrogen-bond acceptors (Lipinski definition) is 4. The van der Waals surface area contributed by atoms with E-state index >= 15 is 0 Å². The number of hydrogen-bond donors (Lipinski definition) is 1. The second-order valence-corrected chi connectivity index (χ2v) is 5.51. The lowest BCUT2D eigenvalue weighted by atomic mass is 10.1. The number of cyclic esters (lactones) is 1. The lowest BCUT2D eigenvalue weighted by molar-refractivity contribution is -0.158. The summed E-state index contributed by atoms with van der Waals surface area (Å²) in [7, 11) is 0. The van der Waals surface area contributed by atoms with Crippen molar-refractivity contribution in [3.05, 3.63) is 28.2 Å². The van der Waals surface area contributed by atoms with Crippen LogP contribution in [0.4, 0.5) is 5.69 Å². The fraction of sp³-hybridized carbons (Fsp3) is 0.429. The largest absolute Gasteiger partial charge is 0.463 e. The summed E-state index contributed by atoms with van der Waals surface area (Å²) in [6.45, 7) is 3.66. The summed E-state index contributed by atoms with van der Waals surface area (Å²) in [5, 5.41) is 3.49. The van der Waals surface area contributed by atoms with Gasteiger partial charge in [-0.25, -0.2) is 0 Å². The van der Waals surface area contributed by atoms with Crippen molar-refractivity contribution in [2.45, 2.75) is 19.4 Å². The van der Waals surface area contributed by atoms with Crippen LogP contribution in [0.2, 0.25) is 10.0 Å². The van der Waals surface area contributed by atoms with E-state index < -0.39 is 6.04 Å². The number of amides is 1. The van der Waals surface area contributed by atoms with Crippen LogP contribution in [0.25, 0.3) is 0 Å². The number of halogens is 2. The number of ether oxygens (including phenoxy) is 1. The SMILES string of the molecule is CCN1CCOC(=O)[C@H]1CC(=O)Nc1ccc(Cl)c(Cl)c1. The van der Waals surface area contributed by atoms with E-state index in [4.69, 9.17) is 27.9 Å². The normalized spacial score (nSPS) is 19.2. The average molecular weight is 331 g/mol. The minimum absolute atomic E-state index is 0.0485. The monoisotopic (exact) mass is 330 g/mol. The van der Waals surface area contributed by atoms with Gasteiger partial charge in [0.25, 0.3) is 0 Å². The first-order valence-electron chi connectivity index (χ1n) is 6.67. The van der Waals surface area contributed by atoms with Gasteiger partial charge in [0.15, 0.2) is 0 Å². The molecular formula is C14H16Cl2N2O3. The number of rotatable bonds is 4. The lowest BCUT2D eigenvalue weighted by Gasteiger charge is -2.32. The van der Waals surface area contributed by atoms with Crippen LogP contribution in [0.3, 0.4) is 0 Å². The molecule has 1 N–H and O–H groups in total. The van der Waals surface area contributed by atoms with Crippen LogP contribution in [0.5, 0.6) is 0 Å². The van der Waals surface area contributed by atoms with Crippen molar-refractivity contribution in [2.75, 3.05) is 25.0 Å². The Bertz CT molecular complexity index is 551. The van der Waals surface area contributed by atoms with Crippen LogP contribution in [-0.4, -0.2) is 42.5 Å². The molecule has 5 nitrogen and oxygen atoms in total. The molecule has 1 atom stereocenters. The maximum absolute atomic E-state index is 12.1. The van der Waals surface area contributed by atoms with E-state index in [0.717, 1.165) is 0 Å². The predicted molar refractivity (Wildman–Crippen MR) is 81.7 cm³/mol. The third-order valence-electron chi connectivity index (χ3n) is 3.32. The predicted octanol–water partition coefficient (Wildman–Crippen LogP) is 2.57. The molecule has 1 amide bonds. The van der Waals surface area contributed by atoms with E-state index in [0.29, 0.717) is 35.4 Å². The van der Waals surface area contributed by atoms with E-state index in [-0.39, 0.29) is 18.3 Å². The van der Waals surface area contributed by atoms with Crippen molar-refractivity contribution < 1.29 is 14.3 Å². The fourth-order valence-corrected chi connectivity index (χ4v) is 2.52. The fourth-order valence-electron chi connectivity index (χ4n) is 2.22. The first-order valence-corrected chi connectivity index (χ1v) is 7.42. The number of likely N-dealkylation sites (N-methyl/N-ethyl adjacent to an activating group) is 1. The van der Waals surface area contributed by atoms with Gasteiger partial charge < -0.3 is 10.1 Å². The Morgan fingerprint density at radius 1 is 1.43 bits per heavy atom. The Morgan fingerprint density at radius 3 is 2.86 bits per heavy atom.